The Morgan fingerprint density at radius 1 is 0.938 bits per heavy atom. The highest BCUT2D eigenvalue weighted by atomic mass is 35.5. The van der Waals surface area contributed by atoms with Crippen molar-refractivity contribution in [1.29, 1.82) is 0 Å². The van der Waals surface area contributed by atoms with Crippen LogP contribution in [0.1, 0.15) is 24.0 Å². The number of rotatable bonds is 4. The molecule has 0 N–H and O–H groups in total. The first-order valence-electron chi connectivity index (χ1n) is 11.0. The second-order valence-corrected chi connectivity index (χ2v) is 9.30. The third kappa shape index (κ3) is 2.95. The lowest BCUT2D eigenvalue weighted by Crippen LogP contribution is -2.38. The molecule has 3 aliphatic carbocycles. The Balaban J connectivity index is 1.33. The van der Waals surface area contributed by atoms with Gasteiger partial charge in [-0.05, 0) is 42.4 Å². The lowest BCUT2D eigenvalue weighted by Gasteiger charge is -2.37. The van der Waals surface area contributed by atoms with Crippen molar-refractivity contribution < 1.29 is 9.59 Å². The zero-order chi connectivity index (χ0) is 21.8. The molecule has 5 nitrogen and oxygen atoms in total. The third-order valence-electron chi connectivity index (χ3n) is 7.17. The molecule has 4 aliphatic rings. The fraction of sp³-hybridized carbons (Fsp3) is 0.269. The van der Waals surface area contributed by atoms with Gasteiger partial charge in [-0.3, -0.25) is 9.59 Å². The van der Waals surface area contributed by atoms with Gasteiger partial charge in [0.1, 0.15) is 0 Å². The van der Waals surface area contributed by atoms with Crippen molar-refractivity contribution >= 4 is 40.5 Å². The molecule has 2 heterocycles. The van der Waals surface area contributed by atoms with Crippen molar-refractivity contribution in [2.24, 2.45) is 28.8 Å². The van der Waals surface area contributed by atoms with Gasteiger partial charge in [-0.25, -0.2) is 0 Å². The molecule has 7 rings (SSSR count). The van der Waals surface area contributed by atoms with Crippen LogP contribution in [0.4, 0.5) is 0 Å². The monoisotopic (exact) mass is 443 g/mol. The third-order valence-corrected chi connectivity index (χ3v) is 7.54. The normalized spacial score (nSPS) is 26.6. The number of hydrazone groups is 1. The summed E-state index contributed by atoms with van der Waals surface area (Å²) < 4.78 is 2.12. The van der Waals surface area contributed by atoms with Gasteiger partial charge in [-0.15, -0.1) is 0 Å². The topological polar surface area (TPSA) is 54.7 Å². The smallest absolute Gasteiger partial charge is 0.254 e. The van der Waals surface area contributed by atoms with E-state index in [9.17, 15) is 9.59 Å². The number of carbonyl (C=O) groups excluding carboxylic acids is 2. The molecular weight excluding hydrogens is 422 g/mol. The number of benzene rings is 2. The van der Waals surface area contributed by atoms with Crippen LogP contribution >= 0.6 is 11.6 Å². The number of amides is 2. The first-order valence-corrected chi connectivity index (χ1v) is 11.4. The van der Waals surface area contributed by atoms with E-state index in [1.807, 2.05) is 54.7 Å². The molecule has 2 aromatic carbocycles. The molecule has 1 aliphatic heterocycles. The molecule has 32 heavy (non-hydrogen) atoms. The van der Waals surface area contributed by atoms with Gasteiger partial charge in [0.05, 0.1) is 18.1 Å². The van der Waals surface area contributed by atoms with Crippen molar-refractivity contribution in [3.8, 4) is 0 Å². The number of imide groups is 1. The van der Waals surface area contributed by atoms with Crippen LogP contribution in [0.25, 0.3) is 10.9 Å². The van der Waals surface area contributed by atoms with E-state index in [0.29, 0.717) is 6.54 Å². The molecule has 0 unspecified atom stereocenters. The van der Waals surface area contributed by atoms with Crippen LogP contribution in [0.5, 0.6) is 0 Å². The van der Waals surface area contributed by atoms with Gasteiger partial charge in [-0.1, -0.05) is 60.2 Å². The fourth-order valence-electron chi connectivity index (χ4n) is 5.61. The van der Waals surface area contributed by atoms with Crippen molar-refractivity contribution in [3.05, 3.63) is 83.0 Å². The van der Waals surface area contributed by atoms with Crippen molar-refractivity contribution in [2.45, 2.75) is 19.4 Å². The number of hydrogen-bond donors (Lipinski definition) is 0. The average molecular weight is 444 g/mol. The van der Waals surface area contributed by atoms with Gasteiger partial charge in [0.25, 0.3) is 11.8 Å². The molecule has 0 spiro atoms. The first kappa shape index (κ1) is 19.5. The van der Waals surface area contributed by atoms with Crippen LogP contribution in [-0.4, -0.2) is 27.6 Å². The maximum atomic E-state index is 13.0. The predicted octanol–water partition coefficient (Wildman–Crippen LogP) is 4.87. The van der Waals surface area contributed by atoms with E-state index < -0.39 is 0 Å². The maximum Gasteiger partial charge on any atom is 0.254 e. The Labute approximate surface area is 191 Å². The Hall–Kier alpha value is -3.18. The van der Waals surface area contributed by atoms with Crippen molar-refractivity contribution in [2.75, 3.05) is 0 Å². The standard InChI is InChI=1S/C26H22ClN3O2/c27-21-7-3-1-5-18(21)14-29-15-19(20-6-2-4-8-22(20)29)13-28-30-25(31)23-16-9-10-17(12-11-16)24(23)26(30)32/h1-10,13,15-17,23-24H,11-12,14H2/b28-13-/t16-,17-,23+,24+/m1/s1. The minimum atomic E-state index is -0.245. The van der Waals surface area contributed by atoms with E-state index in [1.54, 1.807) is 6.21 Å². The minimum Gasteiger partial charge on any atom is -0.342 e. The lowest BCUT2D eigenvalue weighted by molar-refractivity contribution is -0.140. The number of fused-ring (bicyclic) bond motifs is 2. The van der Waals surface area contributed by atoms with Gasteiger partial charge in [0.2, 0.25) is 0 Å². The largest absolute Gasteiger partial charge is 0.342 e. The Kier molecular flexibility index (Phi) is 4.54. The van der Waals surface area contributed by atoms with E-state index in [0.717, 1.165) is 44.9 Å². The number of nitrogens with zero attached hydrogens (tertiary/aromatic N) is 3. The molecule has 3 aromatic rings. The second-order valence-electron chi connectivity index (χ2n) is 8.90. The first-order chi connectivity index (χ1) is 15.6. The zero-order valence-corrected chi connectivity index (χ0v) is 18.2. The molecule has 4 atom stereocenters. The van der Waals surface area contributed by atoms with Crippen LogP contribution in [-0.2, 0) is 16.1 Å². The molecule has 1 saturated heterocycles. The summed E-state index contributed by atoms with van der Waals surface area (Å²) in [5, 5.41) is 7.26. The SMILES string of the molecule is O=C1[C@@H]2[C@@H](C(=O)N1/N=C\c1cn(Cc3ccccc3Cl)c3ccccc13)[C@@H]1C=C[C@@H]2CC1. The van der Waals surface area contributed by atoms with Crippen LogP contribution in [0, 0.1) is 23.7 Å². The molecular formula is C26H22ClN3O2. The summed E-state index contributed by atoms with van der Waals surface area (Å²) in [6, 6.07) is 15.8. The molecule has 160 valence electrons. The van der Waals surface area contributed by atoms with Crippen LogP contribution in [0.15, 0.2) is 72.0 Å². The van der Waals surface area contributed by atoms with E-state index in [4.69, 9.17) is 11.6 Å². The zero-order valence-electron chi connectivity index (χ0n) is 17.4. The van der Waals surface area contributed by atoms with Gasteiger partial charge >= 0.3 is 0 Å². The summed E-state index contributed by atoms with van der Waals surface area (Å²) in [7, 11) is 0. The maximum absolute atomic E-state index is 13.0. The molecule has 2 bridgehead atoms. The highest BCUT2D eigenvalue weighted by molar-refractivity contribution is 6.31. The summed E-state index contributed by atoms with van der Waals surface area (Å²) in [6.45, 7) is 0.620. The molecule has 2 fully saturated rings. The van der Waals surface area contributed by atoms with Gasteiger partial charge in [0, 0.05) is 34.2 Å². The minimum absolute atomic E-state index is 0.157. The van der Waals surface area contributed by atoms with Crippen LogP contribution in [0.2, 0.25) is 5.02 Å². The number of hydrogen-bond acceptors (Lipinski definition) is 3. The molecule has 1 saturated carbocycles. The van der Waals surface area contributed by atoms with Gasteiger partial charge in [-0.2, -0.15) is 10.1 Å². The summed E-state index contributed by atoms with van der Waals surface area (Å²) >= 11 is 6.37. The quantitative estimate of drug-likeness (QED) is 0.328. The molecule has 2 amide bonds. The summed E-state index contributed by atoms with van der Waals surface area (Å²) in [5.74, 6) is -0.474. The van der Waals surface area contributed by atoms with E-state index in [2.05, 4.69) is 21.8 Å². The van der Waals surface area contributed by atoms with E-state index >= 15 is 0 Å². The number of halogens is 1. The Bertz CT molecular complexity index is 1280. The summed E-state index contributed by atoms with van der Waals surface area (Å²) in [6.07, 6.45) is 9.85. The molecule has 0 radical (unpaired) electrons. The van der Waals surface area contributed by atoms with Gasteiger partial charge < -0.3 is 4.57 Å². The number of allylic oxidation sites excluding steroid dienone is 2. The number of carbonyl (C=O) groups is 2. The van der Waals surface area contributed by atoms with Crippen LogP contribution < -0.4 is 0 Å². The Morgan fingerprint density at radius 2 is 1.59 bits per heavy atom. The highest BCUT2D eigenvalue weighted by Gasteiger charge is 2.56. The number of aromatic nitrogens is 1. The number of para-hydroxylation sites is 1. The van der Waals surface area contributed by atoms with E-state index in [-0.39, 0.29) is 35.5 Å². The second kappa shape index (κ2) is 7.45. The fourth-order valence-corrected chi connectivity index (χ4v) is 5.81. The molecule has 6 heteroatoms. The Morgan fingerprint density at radius 3 is 2.28 bits per heavy atom. The van der Waals surface area contributed by atoms with Crippen LogP contribution in [0.3, 0.4) is 0 Å². The summed E-state index contributed by atoms with van der Waals surface area (Å²) in [4.78, 5) is 26.1. The lowest BCUT2D eigenvalue weighted by atomic mass is 9.63. The van der Waals surface area contributed by atoms with Crippen molar-refractivity contribution in [1.82, 2.24) is 9.58 Å². The van der Waals surface area contributed by atoms with Crippen molar-refractivity contribution in [3.63, 3.8) is 0 Å². The molecule has 1 aromatic heterocycles. The predicted molar refractivity (Wildman–Crippen MR) is 124 cm³/mol. The highest BCUT2D eigenvalue weighted by Crippen LogP contribution is 2.49. The van der Waals surface area contributed by atoms with E-state index in [1.165, 1.54) is 0 Å². The average Bonchev–Trinajstić information content (AvgIpc) is 3.31. The van der Waals surface area contributed by atoms with Gasteiger partial charge in [0.15, 0.2) is 0 Å². The summed E-state index contributed by atoms with van der Waals surface area (Å²) in [5.41, 5.74) is 2.93.